The molecule has 0 saturated heterocycles. The van der Waals surface area contributed by atoms with Gasteiger partial charge < -0.3 is 5.73 Å². The van der Waals surface area contributed by atoms with Crippen LogP contribution in [0.3, 0.4) is 0 Å². The van der Waals surface area contributed by atoms with Gasteiger partial charge in [-0.15, -0.1) is 0 Å². The zero-order valence-corrected chi connectivity index (χ0v) is 11.0. The first-order valence-corrected chi connectivity index (χ1v) is 6.18. The Balaban J connectivity index is 2.37. The van der Waals surface area contributed by atoms with Crippen LogP contribution in [0.4, 0.5) is 5.69 Å². The third kappa shape index (κ3) is 1.50. The van der Waals surface area contributed by atoms with Crippen molar-refractivity contribution in [1.29, 1.82) is 0 Å². The summed E-state index contributed by atoms with van der Waals surface area (Å²) >= 11 is 9.33. The molecule has 3 rings (SSSR count). The van der Waals surface area contributed by atoms with Crippen LogP contribution in [0.1, 0.15) is 15.9 Å². The van der Waals surface area contributed by atoms with Gasteiger partial charge in [0, 0.05) is 26.3 Å². The summed E-state index contributed by atoms with van der Waals surface area (Å²) in [6.07, 6.45) is 0. The van der Waals surface area contributed by atoms with Crippen molar-refractivity contribution in [3.05, 3.63) is 51.0 Å². The minimum Gasteiger partial charge on any atom is -0.398 e. The molecule has 0 unspecified atom stereocenters. The lowest BCUT2D eigenvalue weighted by atomic mass is 10.1. The van der Waals surface area contributed by atoms with Gasteiger partial charge in [0.05, 0.1) is 0 Å². The maximum absolute atomic E-state index is 12.1. The predicted octanol–water partition coefficient (Wildman–Crippen LogP) is 3.90. The zero-order chi connectivity index (χ0) is 12.2. The molecule has 84 valence electrons. The van der Waals surface area contributed by atoms with Crippen molar-refractivity contribution in [3.8, 4) is 11.1 Å². The maximum atomic E-state index is 12.1. The molecule has 0 saturated carbocycles. The van der Waals surface area contributed by atoms with Gasteiger partial charge in [-0.2, -0.15) is 0 Å². The third-order valence-electron chi connectivity index (χ3n) is 2.90. The average molecular weight is 309 g/mol. The number of hydrogen-bond donors (Lipinski definition) is 1. The molecular weight excluding hydrogens is 302 g/mol. The first-order chi connectivity index (χ1) is 8.08. The zero-order valence-electron chi connectivity index (χ0n) is 8.63. The van der Waals surface area contributed by atoms with Crippen LogP contribution in [0.2, 0.25) is 5.02 Å². The molecule has 17 heavy (non-hydrogen) atoms. The van der Waals surface area contributed by atoms with Crippen LogP contribution in [0.15, 0.2) is 34.8 Å². The standard InChI is InChI=1S/C13H7BrClNO/c14-11-4-9-8-3-6(15)1-2-7(8)13(17)10(9)5-12(11)16/h1-5H,16H2. The van der Waals surface area contributed by atoms with Gasteiger partial charge in [0.15, 0.2) is 5.78 Å². The van der Waals surface area contributed by atoms with E-state index in [2.05, 4.69) is 15.9 Å². The van der Waals surface area contributed by atoms with Crippen LogP contribution in [-0.4, -0.2) is 5.78 Å². The van der Waals surface area contributed by atoms with Gasteiger partial charge in [0.1, 0.15) is 0 Å². The molecule has 0 bridgehead atoms. The third-order valence-corrected chi connectivity index (χ3v) is 3.82. The largest absolute Gasteiger partial charge is 0.398 e. The molecular formula is C13H7BrClNO. The number of benzene rings is 2. The highest BCUT2D eigenvalue weighted by Gasteiger charge is 2.27. The van der Waals surface area contributed by atoms with Crippen LogP contribution >= 0.6 is 27.5 Å². The number of halogens is 2. The Labute approximate surface area is 112 Å². The van der Waals surface area contributed by atoms with E-state index in [9.17, 15) is 4.79 Å². The Morgan fingerprint density at radius 3 is 2.47 bits per heavy atom. The summed E-state index contributed by atoms with van der Waals surface area (Å²) in [6, 6.07) is 8.86. The maximum Gasteiger partial charge on any atom is 0.194 e. The fourth-order valence-corrected chi connectivity index (χ4v) is 2.60. The van der Waals surface area contributed by atoms with E-state index in [-0.39, 0.29) is 5.78 Å². The van der Waals surface area contributed by atoms with Gasteiger partial charge in [-0.3, -0.25) is 4.79 Å². The fraction of sp³-hybridized carbons (Fsp3) is 0. The molecule has 2 N–H and O–H groups in total. The van der Waals surface area contributed by atoms with E-state index in [4.69, 9.17) is 17.3 Å². The van der Waals surface area contributed by atoms with E-state index < -0.39 is 0 Å². The first kappa shape index (κ1) is 10.8. The Morgan fingerprint density at radius 1 is 1.00 bits per heavy atom. The molecule has 2 aromatic carbocycles. The van der Waals surface area contributed by atoms with Gasteiger partial charge in [0.25, 0.3) is 0 Å². The summed E-state index contributed by atoms with van der Waals surface area (Å²) in [6.45, 7) is 0. The highest BCUT2D eigenvalue weighted by molar-refractivity contribution is 9.10. The van der Waals surface area contributed by atoms with Gasteiger partial charge >= 0.3 is 0 Å². The minimum atomic E-state index is 0.00543. The quantitative estimate of drug-likeness (QED) is 0.640. The summed E-state index contributed by atoms with van der Waals surface area (Å²) in [7, 11) is 0. The highest BCUT2D eigenvalue weighted by Crippen LogP contribution is 2.41. The van der Waals surface area contributed by atoms with Gasteiger partial charge in [0.2, 0.25) is 0 Å². The number of carbonyl (C=O) groups excluding carboxylic acids is 1. The second-order valence-corrected chi connectivity index (χ2v) is 5.23. The number of hydrogen-bond acceptors (Lipinski definition) is 2. The fourth-order valence-electron chi connectivity index (χ4n) is 2.08. The smallest absolute Gasteiger partial charge is 0.194 e. The molecule has 0 aromatic heterocycles. The van der Waals surface area contributed by atoms with Crippen LogP contribution < -0.4 is 5.73 Å². The molecule has 1 aliphatic carbocycles. The average Bonchev–Trinajstić information content (AvgIpc) is 2.54. The molecule has 0 amide bonds. The highest BCUT2D eigenvalue weighted by atomic mass is 79.9. The van der Waals surface area contributed by atoms with Crippen molar-refractivity contribution >= 4 is 39.0 Å². The van der Waals surface area contributed by atoms with Crippen molar-refractivity contribution in [3.63, 3.8) is 0 Å². The summed E-state index contributed by atoms with van der Waals surface area (Å²) in [5.74, 6) is 0.00543. The number of nitrogens with two attached hydrogens (primary N) is 1. The second kappa shape index (κ2) is 3.59. The van der Waals surface area contributed by atoms with Crippen LogP contribution in [-0.2, 0) is 0 Å². The van der Waals surface area contributed by atoms with E-state index in [0.717, 1.165) is 15.6 Å². The number of rotatable bonds is 0. The van der Waals surface area contributed by atoms with E-state index in [1.165, 1.54) is 0 Å². The lowest BCUT2D eigenvalue weighted by molar-refractivity contribution is 0.104. The van der Waals surface area contributed by atoms with Crippen molar-refractivity contribution in [2.75, 3.05) is 5.73 Å². The molecule has 0 fully saturated rings. The van der Waals surface area contributed by atoms with Crippen LogP contribution in [0.25, 0.3) is 11.1 Å². The lowest BCUT2D eigenvalue weighted by Gasteiger charge is -2.03. The second-order valence-electron chi connectivity index (χ2n) is 3.94. The molecule has 0 aliphatic heterocycles. The summed E-state index contributed by atoms with van der Waals surface area (Å²) in [4.78, 5) is 12.1. The van der Waals surface area contributed by atoms with E-state index >= 15 is 0 Å². The molecule has 4 heteroatoms. The topological polar surface area (TPSA) is 43.1 Å². The molecule has 0 atom stereocenters. The van der Waals surface area contributed by atoms with Gasteiger partial charge in [-0.05, 0) is 57.4 Å². The molecule has 2 nitrogen and oxygen atoms in total. The minimum absolute atomic E-state index is 0.00543. The van der Waals surface area contributed by atoms with Gasteiger partial charge in [-0.25, -0.2) is 0 Å². The first-order valence-electron chi connectivity index (χ1n) is 5.01. The molecule has 2 aromatic rings. The molecule has 0 radical (unpaired) electrons. The SMILES string of the molecule is Nc1cc2c(cc1Br)-c1cc(Cl)ccc1C2=O. The molecule has 0 spiro atoms. The summed E-state index contributed by atoms with van der Waals surface area (Å²) < 4.78 is 0.789. The number of ketones is 1. The predicted molar refractivity (Wildman–Crippen MR) is 72.4 cm³/mol. The molecule has 0 heterocycles. The van der Waals surface area contributed by atoms with Crippen LogP contribution in [0, 0.1) is 0 Å². The van der Waals surface area contributed by atoms with Crippen molar-refractivity contribution in [2.24, 2.45) is 0 Å². The summed E-state index contributed by atoms with van der Waals surface area (Å²) in [5, 5.41) is 0.623. The van der Waals surface area contributed by atoms with Gasteiger partial charge in [-0.1, -0.05) is 11.6 Å². The Bertz CT molecular complexity index is 667. The van der Waals surface area contributed by atoms with Crippen LogP contribution in [0.5, 0.6) is 0 Å². The Hall–Kier alpha value is -1.32. The number of fused-ring (bicyclic) bond motifs is 3. The number of anilines is 1. The van der Waals surface area contributed by atoms with Crippen molar-refractivity contribution in [1.82, 2.24) is 0 Å². The van der Waals surface area contributed by atoms with Crippen molar-refractivity contribution < 1.29 is 4.79 Å². The normalized spacial score (nSPS) is 12.5. The monoisotopic (exact) mass is 307 g/mol. The number of carbonyl (C=O) groups is 1. The van der Waals surface area contributed by atoms with E-state index in [1.807, 2.05) is 12.1 Å². The Morgan fingerprint density at radius 2 is 1.71 bits per heavy atom. The van der Waals surface area contributed by atoms with E-state index in [0.29, 0.717) is 21.8 Å². The van der Waals surface area contributed by atoms with Crippen molar-refractivity contribution in [2.45, 2.75) is 0 Å². The molecule has 1 aliphatic rings. The summed E-state index contributed by atoms with van der Waals surface area (Å²) in [5.41, 5.74) is 9.44. The Kier molecular flexibility index (Phi) is 2.28. The number of nitrogen functional groups attached to an aromatic ring is 1. The lowest BCUT2D eigenvalue weighted by Crippen LogP contribution is -1.96. The van der Waals surface area contributed by atoms with E-state index in [1.54, 1.807) is 18.2 Å².